The zero-order chi connectivity index (χ0) is 24.7. The first-order valence-corrected chi connectivity index (χ1v) is 10.9. The molecule has 1 aromatic heterocycles. The van der Waals surface area contributed by atoms with Crippen LogP contribution in [-0.4, -0.2) is 31.0 Å². The predicted molar refractivity (Wildman–Crippen MR) is 127 cm³/mol. The molecule has 1 atom stereocenters. The number of benzene rings is 2. The number of carbonyl (C=O) groups is 3. The number of ether oxygens (including phenoxy) is 2. The summed E-state index contributed by atoms with van der Waals surface area (Å²) in [5.41, 5.74) is 2.32. The lowest BCUT2D eigenvalue weighted by molar-refractivity contribution is -0.147. The van der Waals surface area contributed by atoms with Crippen LogP contribution in [0.25, 0.3) is 0 Å². The average molecular weight is 465 g/mol. The summed E-state index contributed by atoms with van der Waals surface area (Å²) in [5, 5.41) is 5.67. The first-order valence-electron chi connectivity index (χ1n) is 10.9. The van der Waals surface area contributed by atoms with Crippen molar-refractivity contribution in [1.82, 2.24) is 5.32 Å². The van der Waals surface area contributed by atoms with E-state index in [9.17, 15) is 14.4 Å². The number of anilines is 1. The van der Waals surface area contributed by atoms with Crippen molar-refractivity contribution in [2.45, 2.75) is 39.3 Å². The third-order valence-corrected chi connectivity index (χ3v) is 5.05. The van der Waals surface area contributed by atoms with Gasteiger partial charge in [0.25, 0.3) is 11.8 Å². The molecule has 3 aromatic rings. The second-order valence-electron chi connectivity index (χ2n) is 8.00. The molecule has 2 aromatic carbocycles. The minimum Gasteiger partial charge on any atom is -0.497 e. The molecule has 0 saturated carbocycles. The number of esters is 1. The van der Waals surface area contributed by atoms with Crippen molar-refractivity contribution in [3.05, 3.63) is 83.3 Å². The topological polar surface area (TPSA) is 107 Å². The van der Waals surface area contributed by atoms with Crippen molar-refractivity contribution in [1.29, 1.82) is 0 Å². The average Bonchev–Trinajstić information content (AvgIpc) is 3.35. The Bertz CT molecular complexity index is 1140. The minimum absolute atomic E-state index is 0.0375. The molecule has 0 aliphatic heterocycles. The second-order valence-corrected chi connectivity index (χ2v) is 8.00. The van der Waals surface area contributed by atoms with Gasteiger partial charge >= 0.3 is 5.97 Å². The smallest absolute Gasteiger partial charge is 0.308 e. The molecule has 178 valence electrons. The van der Waals surface area contributed by atoms with Gasteiger partial charge in [-0.25, -0.2) is 0 Å². The van der Waals surface area contributed by atoms with Crippen LogP contribution in [0.15, 0.2) is 65.3 Å². The first-order chi connectivity index (χ1) is 16.3. The second kappa shape index (κ2) is 11.2. The summed E-state index contributed by atoms with van der Waals surface area (Å²) in [6.45, 7) is 5.36. The number of hydrogen-bond acceptors (Lipinski definition) is 6. The Morgan fingerprint density at radius 1 is 1.00 bits per heavy atom. The zero-order valence-electron chi connectivity index (χ0n) is 19.6. The van der Waals surface area contributed by atoms with E-state index in [1.165, 1.54) is 6.26 Å². The fourth-order valence-corrected chi connectivity index (χ4v) is 3.30. The Hall–Kier alpha value is -4.07. The first kappa shape index (κ1) is 24.6. The van der Waals surface area contributed by atoms with Crippen LogP contribution in [-0.2, 0) is 9.53 Å². The molecule has 1 heterocycles. The summed E-state index contributed by atoms with van der Waals surface area (Å²) in [6, 6.07) is 14.6. The maximum absolute atomic E-state index is 13.1. The molecular weight excluding hydrogens is 436 g/mol. The standard InChI is InChI=1S/C26H28N2O6/c1-16(2)34-24(29)15-22(18-9-11-20(32-4)12-10-18)28-25(30)19-8-7-17(3)21(14-19)27-26(31)23-6-5-13-33-23/h5-14,16,22H,15H2,1-4H3,(H,27,31)(H,28,30). The highest BCUT2D eigenvalue weighted by Gasteiger charge is 2.22. The van der Waals surface area contributed by atoms with Gasteiger partial charge in [0.15, 0.2) is 5.76 Å². The molecule has 0 spiro atoms. The van der Waals surface area contributed by atoms with Crippen molar-refractivity contribution >= 4 is 23.5 Å². The molecule has 2 amide bonds. The molecule has 0 fully saturated rings. The summed E-state index contributed by atoms with van der Waals surface area (Å²) < 4.78 is 15.6. The third kappa shape index (κ3) is 6.48. The van der Waals surface area contributed by atoms with Crippen molar-refractivity contribution in [3.63, 3.8) is 0 Å². The summed E-state index contributed by atoms with van der Waals surface area (Å²) in [6.07, 6.45) is 1.11. The van der Waals surface area contributed by atoms with Crippen LogP contribution in [0.1, 0.15) is 58.3 Å². The Morgan fingerprint density at radius 3 is 2.35 bits per heavy atom. The van der Waals surface area contributed by atoms with Gasteiger partial charge in [-0.3, -0.25) is 14.4 Å². The van der Waals surface area contributed by atoms with Gasteiger partial charge in [-0.1, -0.05) is 18.2 Å². The zero-order valence-corrected chi connectivity index (χ0v) is 19.6. The van der Waals surface area contributed by atoms with Crippen LogP contribution in [0.2, 0.25) is 0 Å². The van der Waals surface area contributed by atoms with E-state index in [0.717, 1.165) is 11.1 Å². The van der Waals surface area contributed by atoms with Gasteiger partial charge in [-0.15, -0.1) is 0 Å². The van der Waals surface area contributed by atoms with Crippen molar-refractivity contribution in [2.75, 3.05) is 12.4 Å². The fourth-order valence-electron chi connectivity index (χ4n) is 3.30. The van der Waals surface area contributed by atoms with Gasteiger partial charge in [0.05, 0.1) is 31.9 Å². The summed E-state index contributed by atoms with van der Waals surface area (Å²) in [7, 11) is 1.56. The van der Waals surface area contributed by atoms with Crippen LogP contribution in [0.4, 0.5) is 5.69 Å². The molecular formula is C26H28N2O6. The molecule has 0 saturated heterocycles. The molecule has 34 heavy (non-hydrogen) atoms. The molecule has 8 heteroatoms. The largest absolute Gasteiger partial charge is 0.497 e. The highest BCUT2D eigenvalue weighted by molar-refractivity contribution is 6.04. The van der Waals surface area contributed by atoms with Crippen LogP contribution in [0, 0.1) is 6.92 Å². The lowest BCUT2D eigenvalue weighted by Gasteiger charge is -2.20. The van der Waals surface area contributed by atoms with Crippen LogP contribution in [0.5, 0.6) is 5.75 Å². The Morgan fingerprint density at radius 2 is 1.74 bits per heavy atom. The Kier molecular flexibility index (Phi) is 8.08. The number of nitrogens with one attached hydrogen (secondary N) is 2. The fraction of sp³-hybridized carbons (Fsp3) is 0.269. The van der Waals surface area contributed by atoms with Crippen molar-refractivity contribution in [3.8, 4) is 5.75 Å². The number of aryl methyl sites for hydroxylation is 1. The molecule has 1 unspecified atom stereocenters. The SMILES string of the molecule is COc1ccc(C(CC(=O)OC(C)C)NC(=O)c2ccc(C)c(NC(=O)c3ccco3)c2)cc1. The summed E-state index contributed by atoms with van der Waals surface area (Å²) in [5.74, 6) is -0.414. The van der Waals surface area contributed by atoms with Crippen LogP contribution >= 0.6 is 0 Å². The lowest BCUT2D eigenvalue weighted by Crippen LogP contribution is -2.31. The van der Waals surface area contributed by atoms with Crippen LogP contribution in [0.3, 0.4) is 0 Å². The van der Waals surface area contributed by atoms with E-state index in [1.54, 1.807) is 75.6 Å². The van der Waals surface area contributed by atoms with Crippen molar-refractivity contribution < 1.29 is 28.3 Å². The van der Waals surface area contributed by atoms with Gasteiger partial charge in [0.2, 0.25) is 0 Å². The monoisotopic (exact) mass is 464 g/mol. The van der Waals surface area contributed by atoms with Gasteiger partial charge in [0.1, 0.15) is 5.75 Å². The third-order valence-electron chi connectivity index (χ3n) is 5.05. The van der Waals surface area contributed by atoms with Crippen LogP contribution < -0.4 is 15.4 Å². The number of hydrogen-bond donors (Lipinski definition) is 2. The van der Waals surface area contributed by atoms with E-state index in [1.807, 2.05) is 6.92 Å². The maximum atomic E-state index is 13.1. The number of furan rings is 1. The maximum Gasteiger partial charge on any atom is 0.308 e. The van der Waals surface area contributed by atoms with E-state index in [4.69, 9.17) is 13.9 Å². The molecule has 0 radical (unpaired) electrons. The molecule has 0 bridgehead atoms. The predicted octanol–water partition coefficient (Wildman–Crippen LogP) is 4.66. The minimum atomic E-state index is -0.618. The molecule has 3 rings (SSSR count). The molecule has 0 aliphatic carbocycles. The highest BCUT2D eigenvalue weighted by Crippen LogP contribution is 2.23. The van der Waals surface area contributed by atoms with E-state index in [0.29, 0.717) is 17.0 Å². The van der Waals surface area contributed by atoms with E-state index >= 15 is 0 Å². The normalized spacial score (nSPS) is 11.6. The number of methoxy groups -OCH3 is 1. The molecule has 0 aliphatic rings. The molecule has 2 N–H and O–H groups in total. The van der Waals surface area contributed by atoms with Crippen molar-refractivity contribution in [2.24, 2.45) is 0 Å². The van der Waals surface area contributed by atoms with E-state index < -0.39 is 23.8 Å². The van der Waals surface area contributed by atoms with Gasteiger partial charge in [-0.2, -0.15) is 0 Å². The highest BCUT2D eigenvalue weighted by atomic mass is 16.5. The van der Waals surface area contributed by atoms with E-state index in [2.05, 4.69) is 10.6 Å². The molecule has 8 nitrogen and oxygen atoms in total. The van der Waals surface area contributed by atoms with Gasteiger partial charge in [-0.05, 0) is 68.3 Å². The summed E-state index contributed by atoms with van der Waals surface area (Å²) in [4.78, 5) is 37.8. The van der Waals surface area contributed by atoms with Gasteiger partial charge < -0.3 is 24.5 Å². The van der Waals surface area contributed by atoms with E-state index in [-0.39, 0.29) is 18.3 Å². The van der Waals surface area contributed by atoms with Gasteiger partial charge in [0, 0.05) is 11.3 Å². The number of amides is 2. The summed E-state index contributed by atoms with van der Waals surface area (Å²) >= 11 is 0. The Balaban J connectivity index is 1.80. The number of carbonyl (C=O) groups excluding carboxylic acids is 3. The number of rotatable bonds is 9. The lowest BCUT2D eigenvalue weighted by atomic mass is 10.0. The quantitative estimate of drug-likeness (QED) is 0.446. The Labute approximate surface area is 198 Å².